The maximum absolute atomic E-state index is 11.7. The monoisotopic (exact) mass is 231 g/mol. The van der Waals surface area contributed by atoms with Crippen molar-refractivity contribution >= 4 is 11.6 Å². The van der Waals surface area contributed by atoms with Crippen molar-refractivity contribution in [3.05, 3.63) is 35.6 Å². The summed E-state index contributed by atoms with van der Waals surface area (Å²) in [5, 5.41) is 0. The Labute approximate surface area is 102 Å². The van der Waals surface area contributed by atoms with Crippen LogP contribution in [0.5, 0.6) is 5.75 Å². The molecule has 2 rings (SSSR count). The number of anilines is 1. The zero-order chi connectivity index (χ0) is 12.4. The van der Waals surface area contributed by atoms with Gasteiger partial charge in [0, 0.05) is 12.2 Å². The second-order valence-corrected chi connectivity index (χ2v) is 4.11. The third-order valence-electron chi connectivity index (χ3n) is 2.99. The molecule has 1 aromatic rings. The molecule has 1 aliphatic rings. The molecule has 0 N–H and O–H groups in total. The summed E-state index contributed by atoms with van der Waals surface area (Å²) >= 11 is 0. The molecule has 1 aromatic carbocycles. The van der Waals surface area contributed by atoms with Crippen LogP contribution in [0.25, 0.3) is 0 Å². The average molecular weight is 231 g/mol. The third kappa shape index (κ3) is 2.18. The first-order valence-electron chi connectivity index (χ1n) is 5.89. The molecule has 17 heavy (non-hydrogen) atoms. The Balaban J connectivity index is 2.28. The standard InChI is InChI=1S/C14H17NO2/c1-4-10(3)17-12-6-7-13-11(8-12)9-14(16)15(13)5-2/h4,6-8H,5,9H2,1-3H3. The molecular weight excluding hydrogens is 214 g/mol. The van der Waals surface area contributed by atoms with Crippen molar-refractivity contribution in [1.29, 1.82) is 0 Å². The summed E-state index contributed by atoms with van der Waals surface area (Å²) in [4.78, 5) is 13.5. The number of allylic oxidation sites excluding steroid dienone is 2. The summed E-state index contributed by atoms with van der Waals surface area (Å²) in [7, 11) is 0. The predicted molar refractivity (Wildman–Crippen MR) is 68.2 cm³/mol. The van der Waals surface area contributed by atoms with E-state index in [0.29, 0.717) is 6.42 Å². The molecule has 3 heteroatoms. The molecule has 0 fully saturated rings. The van der Waals surface area contributed by atoms with Gasteiger partial charge in [0.25, 0.3) is 0 Å². The second kappa shape index (κ2) is 4.62. The lowest BCUT2D eigenvalue weighted by Gasteiger charge is -2.14. The van der Waals surface area contributed by atoms with Crippen LogP contribution in [0.1, 0.15) is 26.3 Å². The molecule has 0 aromatic heterocycles. The lowest BCUT2D eigenvalue weighted by Crippen LogP contribution is -2.25. The Kier molecular flexibility index (Phi) is 3.18. The van der Waals surface area contributed by atoms with Gasteiger partial charge in [-0.25, -0.2) is 0 Å². The summed E-state index contributed by atoms with van der Waals surface area (Å²) in [6.45, 7) is 6.56. The van der Waals surface area contributed by atoms with Gasteiger partial charge in [-0.3, -0.25) is 4.79 Å². The predicted octanol–water partition coefficient (Wildman–Crippen LogP) is 2.90. The summed E-state index contributed by atoms with van der Waals surface area (Å²) < 4.78 is 5.62. The third-order valence-corrected chi connectivity index (χ3v) is 2.99. The van der Waals surface area contributed by atoms with Crippen molar-refractivity contribution in [2.45, 2.75) is 27.2 Å². The van der Waals surface area contributed by atoms with Crippen LogP contribution in [0.4, 0.5) is 5.69 Å². The quantitative estimate of drug-likeness (QED) is 0.748. The average Bonchev–Trinajstić information content (AvgIpc) is 2.63. The normalized spacial score (nSPS) is 15.1. The zero-order valence-electron chi connectivity index (χ0n) is 10.5. The number of carbonyl (C=O) groups is 1. The highest BCUT2D eigenvalue weighted by Crippen LogP contribution is 2.32. The van der Waals surface area contributed by atoms with Crippen molar-refractivity contribution < 1.29 is 9.53 Å². The smallest absolute Gasteiger partial charge is 0.231 e. The highest BCUT2D eigenvalue weighted by molar-refractivity contribution is 6.01. The highest BCUT2D eigenvalue weighted by atomic mass is 16.5. The molecule has 0 saturated heterocycles. The largest absolute Gasteiger partial charge is 0.462 e. The number of carbonyl (C=O) groups excluding carboxylic acids is 1. The van der Waals surface area contributed by atoms with E-state index in [1.54, 1.807) is 0 Å². The van der Waals surface area contributed by atoms with Crippen molar-refractivity contribution in [1.82, 2.24) is 0 Å². The molecule has 90 valence electrons. The Morgan fingerprint density at radius 1 is 1.53 bits per heavy atom. The van der Waals surface area contributed by atoms with Crippen LogP contribution < -0.4 is 9.64 Å². The number of nitrogens with zero attached hydrogens (tertiary/aromatic N) is 1. The molecule has 0 bridgehead atoms. The molecular formula is C14H17NO2. The molecule has 1 amide bonds. The number of fused-ring (bicyclic) bond motifs is 1. The number of rotatable bonds is 3. The Morgan fingerprint density at radius 2 is 2.29 bits per heavy atom. The van der Waals surface area contributed by atoms with Crippen LogP contribution in [-0.4, -0.2) is 12.5 Å². The van der Waals surface area contributed by atoms with E-state index in [9.17, 15) is 4.79 Å². The first-order chi connectivity index (χ1) is 8.15. The summed E-state index contributed by atoms with van der Waals surface area (Å²) in [6, 6.07) is 5.82. The van der Waals surface area contributed by atoms with Gasteiger partial charge in [0.15, 0.2) is 0 Å². The fraction of sp³-hybridized carbons (Fsp3) is 0.357. The molecule has 3 nitrogen and oxygen atoms in total. The second-order valence-electron chi connectivity index (χ2n) is 4.11. The van der Waals surface area contributed by atoms with Crippen LogP contribution in [0.2, 0.25) is 0 Å². The topological polar surface area (TPSA) is 29.5 Å². The number of ether oxygens (including phenoxy) is 1. The Bertz CT molecular complexity index is 477. The molecule has 0 saturated carbocycles. The molecule has 0 aliphatic carbocycles. The highest BCUT2D eigenvalue weighted by Gasteiger charge is 2.25. The van der Waals surface area contributed by atoms with Crippen molar-refractivity contribution in [2.75, 3.05) is 11.4 Å². The molecule has 1 heterocycles. The Hall–Kier alpha value is -1.77. The summed E-state index contributed by atoms with van der Waals surface area (Å²) in [5.41, 5.74) is 2.07. The van der Waals surface area contributed by atoms with E-state index in [2.05, 4.69) is 0 Å². The van der Waals surface area contributed by atoms with E-state index in [1.807, 2.05) is 49.9 Å². The van der Waals surface area contributed by atoms with E-state index in [1.165, 1.54) is 0 Å². The van der Waals surface area contributed by atoms with Gasteiger partial charge in [-0.15, -0.1) is 0 Å². The van der Waals surface area contributed by atoms with Crippen LogP contribution in [0.15, 0.2) is 30.0 Å². The number of benzene rings is 1. The van der Waals surface area contributed by atoms with Crippen molar-refractivity contribution in [3.8, 4) is 5.75 Å². The van der Waals surface area contributed by atoms with Gasteiger partial charge in [-0.1, -0.05) is 0 Å². The van der Waals surface area contributed by atoms with Gasteiger partial charge >= 0.3 is 0 Å². The maximum atomic E-state index is 11.7. The van der Waals surface area contributed by atoms with E-state index in [-0.39, 0.29) is 5.91 Å². The zero-order valence-corrected chi connectivity index (χ0v) is 10.5. The molecule has 0 radical (unpaired) electrons. The molecule has 1 aliphatic heterocycles. The van der Waals surface area contributed by atoms with Gasteiger partial charge in [0.05, 0.1) is 12.2 Å². The van der Waals surface area contributed by atoms with Crippen LogP contribution in [0.3, 0.4) is 0 Å². The first-order valence-corrected chi connectivity index (χ1v) is 5.89. The molecule has 0 spiro atoms. The van der Waals surface area contributed by atoms with Crippen LogP contribution in [-0.2, 0) is 11.2 Å². The fourth-order valence-electron chi connectivity index (χ4n) is 2.01. The lowest BCUT2D eigenvalue weighted by molar-refractivity contribution is -0.117. The van der Waals surface area contributed by atoms with Gasteiger partial charge in [-0.2, -0.15) is 0 Å². The van der Waals surface area contributed by atoms with E-state index >= 15 is 0 Å². The van der Waals surface area contributed by atoms with E-state index in [0.717, 1.165) is 29.3 Å². The van der Waals surface area contributed by atoms with Gasteiger partial charge in [-0.05, 0) is 50.6 Å². The lowest BCUT2D eigenvalue weighted by atomic mass is 10.1. The fourth-order valence-corrected chi connectivity index (χ4v) is 2.01. The molecule has 0 unspecified atom stereocenters. The van der Waals surface area contributed by atoms with Crippen LogP contribution >= 0.6 is 0 Å². The minimum absolute atomic E-state index is 0.169. The Morgan fingerprint density at radius 3 is 2.94 bits per heavy atom. The van der Waals surface area contributed by atoms with E-state index < -0.39 is 0 Å². The summed E-state index contributed by atoms with van der Waals surface area (Å²) in [5.74, 6) is 1.83. The van der Waals surface area contributed by atoms with Gasteiger partial charge in [0.1, 0.15) is 5.75 Å². The van der Waals surface area contributed by atoms with Crippen molar-refractivity contribution in [3.63, 3.8) is 0 Å². The number of hydrogen-bond acceptors (Lipinski definition) is 2. The van der Waals surface area contributed by atoms with Crippen LogP contribution in [0, 0.1) is 0 Å². The molecule has 0 atom stereocenters. The number of likely N-dealkylation sites (N-methyl/N-ethyl adjacent to an activating group) is 1. The minimum Gasteiger partial charge on any atom is -0.462 e. The SMILES string of the molecule is CC=C(C)Oc1ccc2c(c1)CC(=O)N2CC. The van der Waals surface area contributed by atoms with E-state index in [4.69, 9.17) is 4.74 Å². The maximum Gasteiger partial charge on any atom is 0.231 e. The summed E-state index contributed by atoms with van der Waals surface area (Å²) in [6.07, 6.45) is 2.39. The number of amides is 1. The van der Waals surface area contributed by atoms with Gasteiger partial charge < -0.3 is 9.64 Å². The number of hydrogen-bond donors (Lipinski definition) is 0. The van der Waals surface area contributed by atoms with Crippen molar-refractivity contribution in [2.24, 2.45) is 0 Å². The van der Waals surface area contributed by atoms with Gasteiger partial charge in [0.2, 0.25) is 5.91 Å². The first kappa shape index (κ1) is 11.7. The minimum atomic E-state index is 0.169.